The lowest BCUT2D eigenvalue weighted by atomic mass is 10.0. The zero-order valence-corrected chi connectivity index (χ0v) is 14.7. The Morgan fingerprint density at radius 3 is 2.54 bits per heavy atom. The summed E-state index contributed by atoms with van der Waals surface area (Å²) < 4.78 is 0. The van der Waals surface area contributed by atoms with E-state index < -0.39 is 0 Å². The number of fused-ring (bicyclic) bond motifs is 1. The van der Waals surface area contributed by atoms with Crippen molar-refractivity contribution in [2.75, 3.05) is 31.5 Å². The molecule has 2 aromatic carbocycles. The summed E-state index contributed by atoms with van der Waals surface area (Å²) in [6, 6.07) is 15.7. The Labute approximate surface area is 152 Å². The van der Waals surface area contributed by atoms with Gasteiger partial charge in [0.25, 0.3) is 5.91 Å². The Kier molecular flexibility index (Phi) is 4.24. The Balaban J connectivity index is 1.63. The van der Waals surface area contributed by atoms with Crippen molar-refractivity contribution in [3.63, 3.8) is 0 Å². The van der Waals surface area contributed by atoms with Gasteiger partial charge < -0.3 is 20.4 Å². The third-order valence-electron chi connectivity index (χ3n) is 4.97. The number of hydrogen-bond acceptors (Lipinski definition) is 3. The second-order valence-corrected chi connectivity index (χ2v) is 6.72. The fourth-order valence-electron chi connectivity index (χ4n) is 3.49. The summed E-state index contributed by atoms with van der Waals surface area (Å²) in [7, 11) is 0. The minimum Gasteiger partial charge on any atom is -0.361 e. The summed E-state index contributed by atoms with van der Waals surface area (Å²) in [5, 5.41) is 6.29. The van der Waals surface area contributed by atoms with Crippen LogP contribution in [0.15, 0.2) is 48.5 Å². The number of nitrogens with zero attached hydrogens (tertiary/aromatic N) is 2. The van der Waals surface area contributed by atoms with Gasteiger partial charge >= 0.3 is 6.03 Å². The maximum absolute atomic E-state index is 13.1. The molecule has 3 amide bonds. The fourth-order valence-corrected chi connectivity index (χ4v) is 3.49. The van der Waals surface area contributed by atoms with Gasteiger partial charge in [-0.25, -0.2) is 4.79 Å². The molecule has 1 atom stereocenters. The minimum absolute atomic E-state index is 0.00969. The highest BCUT2D eigenvalue weighted by molar-refractivity contribution is 6.01. The number of carbonyl (C=O) groups excluding carboxylic acids is 2. The monoisotopic (exact) mass is 350 g/mol. The van der Waals surface area contributed by atoms with E-state index in [1.54, 1.807) is 4.90 Å². The van der Waals surface area contributed by atoms with Gasteiger partial charge in [0, 0.05) is 31.9 Å². The third-order valence-corrected chi connectivity index (χ3v) is 4.97. The van der Waals surface area contributed by atoms with Gasteiger partial charge in [-0.2, -0.15) is 0 Å². The van der Waals surface area contributed by atoms with Gasteiger partial charge in [0.05, 0.1) is 5.56 Å². The van der Waals surface area contributed by atoms with Crippen LogP contribution in [0.1, 0.15) is 27.7 Å². The first-order valence-corrected chi connectivity index (χ1v) is 8.89. The molecule has 0 bridgehead atoms. The van der Waals surface area contributed by atoms with E-state index >= 15 is 0 Å². The van der Waals surface area contributed by atoms with Crippen molar-refractivity contribution >= 4 is 17.6 Å². The summed E-state index contributed by atoms with van der Waals surface area (Å²) >= 11 is 0. The van der Waals surface area contributed by atoms with E-state index in [4.69, 9.17) is 0 Å². The van der Waals surface area contributed by atoms with Crippen molar-refractivity contribution in [1.82, 2.24) is 15.1 Å². The van der Waals surface area contributed by atoms with Crippen LogP contribution >= 0.6 is 0 Å². The predicted octanol–water partition coefficient (Wildman–Crippen LogP) is 2.59. The predicted molar refractivity (Wildman–Crippen MR) is 100.0 cm³/mol. The van der Waals surface area contributed by atoms with Crippen LogP contribution in [0, 0.1) is 6.92 Å². The molecule has 1 saturated heterocycles. The van der Waals surface area contributed by atoms with E-state index in [1.165, 1.54) is 5.56 Å². The van der Waals surface area contributed by atoms with Crippen molar-refractivity contribution in [3.8, 4) is 0 Å². The summed E-state index contributed by atoms with van der Waals surface area (Å²) in [4.78, 5) is 28.5. The first kappa shape index (κ1) is 16.4. The number of aryl methyl sites for hydroxylation is 1. The highest BCUT2D eigenvalue weighted by atomic mass is 16.2. The average Bonchev–Trinajstić information content (AvgIpc) is 3.06. The lowest BCUT2D eigenvalue weighted by Crippen LogP contribution is -2.46. The number of hydrogen-bond donors (Lipinski definition) is 2. The van der Waals surface area contributed by atoms with Crippen molar-refractivity contribution < 1.29 is 9.59 Å². The van der Waals surface area contributed by atoms with Crippen LogP contribution in [0.4, 0.5) is 10.5 Å². The van der Waals surface area contributed by atoms with E-state index in [2.05, 4.69) is 10.6 Å². The maximum Gasteiger partial charge on any atom is 0.317 e. The Bertz CT molecular complexity index is 834. The topological polar surface area (TPSA) is 64.7 Å². The van der Waals surface area contributed by atoms with Crippen LogP contribution in [0.25, 0.3) is 0 Å². The van der Waals surface area contributed by atoms with Crippen LogP contribution in [0.5, 0.6) is 0 Å². The second-order valence-electron chi connectivity index (χ2n) is 6.72. The zero-order valence-electron chi connectivity index (χ0n) is 14.7. The third kappa shape index (κ3) is 2.98. The summed E-state index contributed by atoms with van der Waals surface area (Å²) in [5.41, 5.74) is 3.72. The highest BCUT2D eigenvalue weighted by Crippen LogP contribution is 2.32. The standard InChI is InChI=1S/C20H22N4O2/c1-14-6-8-15(9-7-14)18-22-17-5-3-2-4-16(17)19(25)24(18)13-12-23-11-10-21-20(23)26/h2-9,18,22H,10-13H2,1H3,(H,21,26)/t18-/m0/s1. The molecule has 6 heteroatoms. The van der Waals surface area contributed by atoms with Gasteiger partial charge in [-0.1, -0.05) is 42.0 Å². The smallest absolute Gasteiger partial charge is 0.317 e. The molecule has 2 heterocycles. The SMILES string of the molecule is Cc1ccc([C@H]2Nc3ccccc3C(=O)N2CCN2CCNC2=O)cc1. The van der Waals surface area contributed by atoms with Crippen LogP contribution in [0.3, 0.4) is 0 Å². The number of benzene rings is 2. The van der Waals surface area contributed by atoms with Gasteiger partial charge in [-0.05, 0) is 24.6 Å². The van der Waals surface area contributed by atoms with Gasteiger partial charge in [-0.15, -0.1) is 0 Å². The molecule has 2 aromatic rings. The molecule has 1 fully saturated rings. The second kappa shape index (κ2) is 6.71. The molecular formula is C20H22N4O2. The minimum atomic E-state index is -0.247. The van der Waals surface area contributed by atoms with Crippen molar-refractivity contribution in [3.05, 3.63) is 65.2 Å². The number of anilines is 1. The largest absolute Gasteiger partial charge is 0.361 e. The molecule has 2 aliphatic rings. The van der Waals surface area contributed by atoms with Gasteiger partial charge in [0.2, 0.25) is 0 Å². The van der Waals surface area contributed by atoms with Crippen molar-refractivity contribution in [1.29, 1.82) is 0 Å². The normalized spacial score (nSPS) is 19.2. The molecule has 0 saturated carbocycles. The first-order chi connectivity index (χ1) is 12.6. The number of para-hydroxylation sites is 1. The van der Waals surface area contributed by atoms with Crippen LogP contribution in [-0.2, 0) is 0 Å². The Hall–Kier alpha value is -3.02. The highest BCUT2D eigenvalue weighted by Gasteiger charge is 2.33. The van der Waals surface area contributed by atoms with Gasteiger partial charge in [-0.3, -0.25) is 4.79 Å². The molecule has 2 aliphatic heterocycles. The van der Waals surface area contributed by atoms with Gasteiger partial charge in [0.15, 0.2) is 0 Å². The molecule has 0 radical (unpaired) electrons. The average molecular weight is 350 g/mol. The van der Waals surface area contributed by atoms with Crippen LogP contribution < -0.4 is 10.6 Å². The molecule has 26 heavy (non-hydrogen) atoms. The molecular weight excluding hydrogens is 328 g/mol. The van der Waals surface area contributed by atoms with Crippen LogP contribution in [-0.4, -0.2) is 47.9 Å². The van der Waals surface area contributed by atoms with E-state index in [0.717, 1.165) is 11.3 Å². The Morgan fingerprint density at radius 1 is 1.04 bits per heavy atom. The molecule has 0 unspecified atom stereocenters. The molecule has 2 N–H and O–H groups in total. The van der Waals surface area contributed by atoms with E-state index in [9.17, 15) is 9.59 Å². The maximum atomic E-state index is 13.1. The summed E-state index contributed by atoms with van der Waals surface area (Å²) in [6.45, 7) is 4.38. The molecule has 4 rings (SSSR count). The van der Waals surface area contributed by atoms with E-state index in [-0.39, 0.29) is 18.1 Å². The van der Waals surface area contributed by atoms with Crippen LogP contribution in [0.2, 0.25) is 0 Å². The quantitative estimate of drug-likeness (QED) is 0.891. The molecule has 0 aromatic heterocycles. The summed E-state index contributed by atoms with van der Waals surface area (Å²) in [5.74, 6) is -0.00969. The number of amides is 3. The van der Waals surface area contributed by atoms with E-state index in [0.29, 0.717) is 31.7 Å². The lowest BCUT2D eigenvalue weighted by molar-refractivity contribution is 0.0668. The van der Waals surface area contributed by atoms with E-state index in [1.807, 2.05) is 60.4 Å². The Morgan fingerprint density at radius 2 is 1.81 bits per heavy atom. The first-order valence-electron chi connectivity index (χ1n) is 8.89. The number of nitrogens with one attached hydrogen (secondary N) is 2. The van der Waals surface area contributed by atoms with Crippen molar-refractivity contribution in [2.24, 2.45) is 0 Å². The molecule has 134 valence electrons. The van der Waals surface area contributed by atoms with Crippen molar-refractivity contribution in [2.45, 2.75) is 13.1 Å². The molecule has 6 nitrogen and oxygen atoms in total. The van der Waals surface area contributed by atoms with Gasteiger partial charge in [0.1, 0.15) is 6.17 Å². The number of urea groups is 1. The zero-order chi connectivity index (χ0) is 18.1. The molecule has 0 spiro atoms. The molecule has 0 aliphatic carbocycles. The number of rotatable bonds is 4. The fraction of sp³-hybridized carbons (Fsp3) is 0.300. The number of carbonyl (C=O) groups is 2. The summed E-state index contributed by atoms with van der Waals surface area (Å²) in [6.07, 6.45) is -0.247. The lowest BCUT2D eigenvalue weighted by Gasteiger charge is -2.38.